The molecule has 0 saturated heterocycles. The van der Waals surface area contributed by atoms with Crippen molar-refractivity contribution in [3.63, 3.8) is 0 Å². The highest BCUT2D eigenvalue weighted by Gasteiger charge is 2.37. The van der Waals surface area contributed by atoms with E-state index in [2.05, 4.69) is 21.2 Å². The van der Waals surface area contributed by atoms with Crippen molar-refractivity contribution < 1.29 is 22.7 Å². The summed E-state index contributed by atoms with van der Waals surface area (Å²) in [6.45, 7) is 0.887. The average Bonchev–Trinajstić information content (AvgIpc) is 3.56. The molecule has 170 valence electrons. The van der Waals surface area contributed by atoms with Gasteiger partial charge in [0.05, 0.1) is 17.8 Å². The Balaban J connectivity index is 1.40. The average molecular weight is 521 g/mol. The molecular weight excluding hydrogens is 496 g/mol. The second-order valence-electron chi connectivity index (χ2n) is 8.12. The minimum Gasteiger partial charge on any atom is -0.497 e. The summed E-state index contributed by atoms with van der Waals surface area (Å²) >= 11 is 3.37. The van der Waals surface area contributed by atoms with Crippen LogP contribution in [-0.2, 0) is 32.4 Å². The molecule has 2 aromatic rings. The molecule has 2 aromatic carbocycles. The number of carbonyl (C=O) groups is 2. The fourth-order valence-electron chi connectivity index (χ4n) is 3.78. The number of rotatable bonds is 8. The molecule has 1 heterocycles. The van der Waals surface area contributed by atoms with Crippen LogP contribution in [0.5, 0.6) is 5.75 Å². The summed E-state index contributed by atoms with van der Waals surface area (Å²) in [6.07, 6.45) is 2.36. The molecule has 32 heavy (non-hydrogen) atoms. The number of nitrogens with one attached hydrogen (secondary N) is 1. The number of fused-ring (bicyclic) bond motifs is 1. The molecule has 7 nitrogen and oxygen atoms in total. The third-order valence-electron chi connectivity index (χ3n) is 5.80. The molecule has 0 aromatic heterocycles. The molecule has 0 radical (unpaired) electrons. The van der Waals surface area contributed by atoms with Gasteiger partial charge in [-0.2, -0.15) is 0 Å². The van der Waals surface area contributed by atoms with Gasteiger partial charge in [0.15, 0.2) is 9.84 Å². The van der Waals surface area contributed by atoms with Crippen molar-refractivity contribution in [2.24, 2.45) is 5.92 Å². The number of nitrogens with zero attached hydrogens (tertiary/aromatic N) is 1. The number of benzene rings is 2. The molecule has 0 bridgehead atoms. The van der Waals surface area contributed by atoms with Gasteiger partial charge < -0.3 is 15.0 Å². The van der Waals surface area contributed by atoms with Crippen molar-refractivity contribution in [3.05, 3.63) is 52.0 Å². The highest BCUT2D eigenvalue weighted by Crippen LogP contribution is 2.39. The number of carbonyl (C=O) groups excluding carboxylic acids is 2. The third kappa shape index (κ3) is 4.99. The summed E-state index contributed by atoms with van der Waals surface area (Å²) in [5, 5.41) is 2.75. The van der Waals surface area contributed by atoms with Gasteiger partial charge in [-0.25, -0.2) is 8.42 Å². The Kier molecular flexibility index (Phi) is 6.57. The first-order chi connectivity index (χ1) is 15.3. The van der Waals surface area contributed by atoms with E-state index in [1.54, 1.807) is 36.3 Å². The molecule has 1 saturated carbocycles. The number of ether oxygens (including phenoxy) is 1. The van der Waals surface area contributed by atoms with Gasteiger partial charge in [0.25, 0.3) is 0 Å². The van der Waals surface area contributed by atoms with Crippen molar-refractivity contribution in [1.82, 2.24) is 5.32 Å². The van der Waals surface area contributed by atoms with E-state index >= 15 is 0 Å². The SMILES string of the molecule is COc1ccc(CNC(=O)CCS(=O)(=O)c2cc3c(cc2Br)CCN3C(=O)C2CC2)cc1. The summed E-state index contributed by atoms with van der Waals surface area (Å²) in [5.74, 6) is 0.220. The lowest BCUT2D eigenvalue weighted by Gasteiger charge is -2.18. The maximum absolute atomic E-state index is 13.0. The van der Waals surface area contributed by atoms with Crippen LogP contribution in [0.2, 0.25) is 0 Å². The number of amides is 2. The first-order valence-corrected chi connectivity index (χ1v) is 13.0. The molecule has 4 rings (SSSR count). The van der Waals surface area contributed by atoms with Crippen LogP contribution in [0, 0.1) is 5.92 Å². The molecule has 9 heteroatoms. The van der Waals surface area contributed by atoms with Crippen LogP contribution in [0.25, 0.3) is 0 Å². The fraction of sp³-hybridized carbons (Fsp3) is 0.391. The summed E-state index contributed by atoms with van der Waals surface area (Å²) in [5.41, 5.74) is 2.53. The first-order valence-electron chi connectivity index (χ1n) is 10.5. The highest BCUT2D eigenvalue weighted by atomic mass is 79.9. The zero-order valence-corrected chi connectivity index (χ0v) is 20.2. The monoisotopic (exact) mass is 520 g/mol. The molecule has 1 fully saturated rings. The summed E-state index contributed by atoms with van der Waals surface area (Å²) in [4.78, 5) is 26.6. The minimum absolute atomic E-state index is 0.0686. The minimum atomic E-state index is -3.72. The number of hydrogen-bond acceptors (Lipinski definition) is 5. The molecule has 0 atom stereocenters. The summed E-state index contributed by atoms with van der Waals surface area (Å²) in [7, 11) is -2.13. The zero-order chi connectivity index (χ0) is 22.9. The Morgan fingerprint density at radius 3 is 2.56 bits per heavy atom. The Bertz CT molecular complexity index is 1140. The van der Waals surface area contributed by atoms with Gasteiger partial charge in [0.1, 0.15) is 5.75 Å². The van der Waals surface area contributed by atoms with Gasteiger partial charge in [-0.15, -0.1) is 0 Å². The smallest absolute Gasteiger partial charge is 0.230 e. The molecule has 0 spiro atoms. The largest absolute Gasteiger partial charge is 0.497 e. The Morgan fingerprint density at radius 2 is 1.91 bits per heavy atom. The van der Waals surface area contributed by atoms with E-state index in [-0.39, 0.29) is 34.8 Å². The van der Waals surface area contributed by atoms with Crippen LogP contribution >= 0.6 is 15.9 Å². The molecular formula is C23H25BrN2O5S. The maximum Gasteiger partial charge on any atom is 0.230 e. The predicted octanol–water partition coefficient (Wildman–Crippen LogP) is 3.24. The summed E-state index contributed by atoms with van der Waals surface area (Å²) < 4.78 is 31.6. The van der Waals surface area contributed by atoms with Crippen molar-refractivity contribution in [2.45, 2.75) is 37.1 Å². The second-order valence-corrected chi connectivity index (χ2v) is 11.1. The van der Waals surface area contributed by atoms with Crippen molar-refractivity contribution in [2.75, 3.05) is 24.3 Å². The van der Waals surface area contributed by atoms with Crippen LogP contribution in [0.1, 0.15) is 30.4 Å². The number of sulfone groups is 1. The van der Waals surface area contributed by atoms with Crippen LogP contribution in [0.4, 0.5) is 5.69 Å². The maximum atomic E-state index is 13.0. The predicted molar refractivity (Wildman–Crippen MR) is 124 cm³/mol. The van der Waals surface area contributed by atoms with Gasteiger partial charge in [-0.05, 0) is 70.6 Å². The first kappa shape index (κ1) is 22.8. The van der Waals surface area contributed by atoms with Gasteiger partial charge in [0.2, 0.25) is 11.8 Å². The van der Waals surface area contributed by atoms with Crippen LogP contribution in [0.15, 0.2) is 45.8 Å². The second kappa shape index (κ2) is 9.23. The van der Waals surface area contributed by atoms with Crippen molar-refractivity contribution in [1.29, 1.82) is 0 Å². The van der Waals surface area contributed by atoms with E-state index in [4.69, 9.17) is 4.74 Å². The standard InChI is InChI=1S/C23H25BrN2O5S/c1-31-18-6-2-15(3-7-18)14-25-22(27)9-11-32(29,30)21-13-20-17(12-19(21)24)8-10-26(20)23(28)16-4-5-16/h2-3,6-7,12-13,16H,4-5,8-11,14H2,1H3,(H,25,27). The zero-order valence-electron chi connectivity index (χ0n) is 17.8. The Morgan fingerprint density at radius 1 is 1.19 bits per heavy atom. The van der Waals surface area contributed by atoms with E-state index in [9.17, 15) is 18.0 Å². The quantitative estimate of drug-likeness (QED) is 0.576. The van der Waals surface area contributed by atoms with Crippen LogP contribution in [0.3, 0.4) is 0 Å². The van der Waals surface area contributed by atoms with E-state index in [0.29, 0.717) is 29.7 Å². The highest BCUT2D eigenvalue weighted by molar-refractivity contribution is 9.10. The normalized spacial score (nSPS) is 15.4. The molecule has 0 unspecified atom stereocenters. The van der Waals surface area contributed by atoms with Crippen molar-refractivity contribution >= 4 is 43.3 Å². The summed E-state index contributed by atoms with van der Waals surface area (Å²) in [6, 6.07) is 10.6. The number of halogens is 1. The number of hydrogen-bond donors (Lipinski definition) is 1. The van der Waals surface area contributed by atoms with Crippen LogP contribution < -0.4 is 15.0 Å². The lowest BCUT2D eigenvalue weighted by Crippen LogP contribution is -2.30. The van der Waals surface area contributed by atoms with E-state index in [1.165, 1.54) is 0 Å². The van der Waals surface area contributed by atoms with E-state index < -0.39 is 9.84 Å². The van der Waals surface area contributed by atoms with Crippen molar-refractivity contribution in [3.8, 4) is 5.75 Å². The van der Waals surface area contributed by atoms with Gasteiger partial charge in [0, 0.05) is 35.6 Å². The van der Waals surface area contributed by atoms with Crippen LogP contribution in [-0.4, -0.2) is 39.6 Å². The number of methoxy groups -OCH3 is 1. The van der Waals surface area contributed by atoms with Gasteiger partial charge in [-0.3, -0.25) is 9.59 Å². The third-order valence-corrected chi connectivity index (χ3v) is 8.47. The molecule has 1 aliphatic heterocycles. The molecule has 1 aliphatic carbocycles. The van der Waals surface area contributed by atoms with E-state index in [1.807, 2.05) is 12.1 Å². The van der Waals surface area contributed by atoms with E-state index in [0.717, 1.165) is 29.7 Å². The Hall–Kier alpha value is -2.39. The molecule has 2 amide bonds. The Labute approximate surface area is 196 Å². The fourth-order valence-corrected chi connectivity index (χ4v) is 6.23. The van der Waals surface area contributed by atoms with Gasteiger partial charge in [-0.1, -0.05) is 12.1 Å². The topological polar surface area (TPSA) is 92.8 Å². The molecule has 1 N–H and O–H groups in total. The van der Waals surface area contributed by atoms with Gasteiger partial charge >= 0.3 is 0 Å². The lowest BCUT2D eigenvalue weighted by atomic mass is 10.2. The number of anilines is 1. The lowest BCUT2D eigenvalue weighted by molar-refractivity contribution is -0.121. The molecule has 2 aliphatic rings.